The van der Waals surface area contributed by atoms with Crippen LogP contribution in [0.3, 0.4) is 0 Å². The number of ether oxygens (including phenoxy) is 1. The number of esters is 1. The highest BCUT2D eigenvalue weighted by atomic mass is 19.4. The molecule has 3 amide bonds. The van der Waals surface area contributed by atoms with Crippen LogP contribution in [0.2, 0.25) is 0 Å². The lowest BCUT2D eigenvalue weighted by atomic mass is 10.0. The highest BCUT2D eigenvalue weighted by molar-refractivity contribution is 5.98. The van der Waals surface area contributed by atoms with Gasteiger partial charge in [0.1, 0.15) is 0 Å². The number of hydrogen-bond donors (Lipinski definition) is 2. The molecule has 2 rings (SSSR count). The number of benzene rings is 1. The second kappa shape index (κ2) is 8.92. The van der Waals surface area contributed by atoms with Crippen molar-refractivity contribution < 1.29 is 45.5 Å². The van der Waals surface area contributed by atoms with E-state index >= 15 is 0 Å². The van der Waals surface area contributed by atoms with Gasteiger partial charge in [-0.2, -0.15) is 26.3 Å². The molecule has 1 fully saturated rings. The monoisotopic (exact) mass is 440 g/mol. The van der Waals surface area contributed by atoms with Gasteiger partial charge in [0.2, 0.25) is 0 Å². The Morgan fingerprint density at radius 3 is 1.93 bits per heavy atom. The predicted molar refractivity (Wildman–Crippen MR) is 90.3 cm³/mol. The Balaban J connectivity index is 2.08. The fourth-order valence-electron chi connectivity index (χ4n) is 2.86. The van der Waals surface area contributed by atoms with E-state index in [1.165, 1.54) is 0 Å². The zero-order chi connectivity index (χ0) is 22.7. The predicted octanol–water partition coefficient (Wildman–Crippen LogP) is 4.04. The first-order valence-electron chi connectivity index (χ1n) is 8.89. The van der Waals surface area contributed by atoms with Crippen molar-refractivity contribution in [3.63, 3.8) is 0 Å². The first-order valence-corrected chi connectivity index (χ1v) is 8.89. The van der Waals surface area contributed by atoms with E-state index in [1.807, 2.05) is 5.32 Å². The number of halogens is 6. The Morgan fingerprint density at radius 1 is 0.967 bits per heavy atom. The molecular formula is C18H18F6N2O4. The molecule has 0 spiro atoms. The molecule has 0 aromatic heterocycles. The Hall–Kier alpha value is -2.79. The molecule has 12 heteroatoms. The van der Waals surface area contributed by atoms with Gasteiger partial charge in [-0.1, -0.05) is 12.8 Å². The third-order valence-corrected chi connectivity index (χ3v) is 4.40. The summed E-state index contributed by atoms with van der Waals surface area (Å²) in [4.78, 5) is 35.7. The van der Waals surface area contributed by atoms with E-state index < -0.39 is 53.1 Å². The van der Waals surface area contributed by atoms with Crippen molar-refractivity contribution in [2.45, 2.75) is 57.1 Å². The van der Waals surface area contributed by atoms with Crippen molar-refractivity contribution in [3.8, 4) is 0 Å². The van der Waals surface area contributed by atoms with Crippen LogP contribution in [0.25, 0.3) is 0 Å². The molecule has 166 valence electrons. The number of rotatable bonds is 4. The standard InChI is InChI=1S/C18H18F6N2O4/c1-9(14(27)26-16(29)25-13-4-2-3-5-13)30-15(28)10-6-11(17(19,20)21)8-12(7-10)18(22,23)24/h6-9,13H,2-5H2,1H3,(H2,25,26,27,29). The molecule has 0 aliphatic heterocycles. The van der Waals surface area contributed by atoms with Crippen molar-refractivity contribution >= 4 is 17.9 Å². The molecular weight excluding hydrogens is 422 g/mol. The maximum atomic E-state index is 12.9. The molecule has 0 radical (unpaired) electrons. The van der Waals surface area contributed by atoms with Gasteiger partial charge in [-0.25, -0.2) is 9.59 Å². The third-order valence-electron chi connectivity index (χ3n) is 4.40. The fraction of sp³-hybridized carbons (Fsp3) is 0.500. The van der Waals surface area contributed by atoms with Crippen molar-refractivity contribution in [2.24, 2.45) is 0 Å². The van der Waals surface area contributed by atoms with Crippen LogP contribution < -0.4 is 10.6 Å². The van der Waals surface area contributed by atoms with Crippen molar-refractivity contribution in [1.82, 2.24) is 10.6 Å². The number of carbonyl (C=O) groups is 3. The summed E-state index contributed by atoms with van der Waals surface area (Å²) in [5.74, 6) is -2.66. The smallest absolute Gasteiger partial charge is 0.416 e. The molecule has 1 aromatic rings. The summed E-state index contributed by atoms with van der Waals surface area (Å²) in [7, 11) is 0. The van der Waals surface area contributed by atoms with Gasteiger partial charge in [0, 0.05) is 6.04 Å². The Labute approximate surface area is 166 Å². The molecule has 1 atom stereocenters. The molecule has 0 saturated heterocycles. The quantitative estimate of drug-likeness (QED) is 0.547. The van der Waals surface area contributed by atoms with Gasteiger partial charge in [-0.15, -0.1) is 0 Å². The number of amides is 3. The Morgan fingerprint density at radius 2 is 1.47 bits per heavy atom. The highest BCUT2D eigenvalue weighted by Crippen LogP contribution is 2.36. The van der Waals surface area contributed by atoms with E-state index in [0.29, 0.717) is 0 Å². The summed E-state index contributed by atoms with van der Waals surface area (Å²) in [5, 5.41) is 4.44. The van der Waals surface area contributed by atoms with Gasteiger partial charge in [0.05, 0.1) is 16.7 Å². The Kier molecular flexibility index (Phi) is 6.99. The number of hydrogen-bond acceptors (Lipinski definition) is 4. The summed E-state index contributed by atoms with van der Waals surface area (Å²) in [6.45, 7) is 1.02. The highest BCUT2D eigenvalue weighted by Gasteiger charge is 2.38. The van der Waals surface area contributed by atoms with Gasteiger partial charge in [-0.05, 0) is 38.0 Å². The lowest BCUT2D eigenvalue weighted by molar-refractivity contribution is -0.143. The normalized spacial score (nSPS) is 16.1. The number of carbonyl (C=O) groups excluding carboxylic acids is 3. The van der Waals surface area contributed by atoms with E-state index in [0.717, 1.165) is 32.6 Å². The summed E-state index contributed by atoms with van der Waals surface area (Å²) in [5.41, 5.74) is -4.43. The molecule has 1 unspecified atom stereocenters. The van der Waals surface area contributed by atoms with Crippen molar-refractivity contribution in [2.75, 3.05) is 0 Å². The molecule has 0 heterocycles. The van der Waals surface area contributed by atoms with Crippen LogP contribution in [-0.4, -0.2) is 30.1 Å². The topological polar surface area (TPSA) is 84.5 Å². The van der Waals surface area contributed by atoms with Gasteiger partial charge in [0.25, 0.3) is 5.91 Å². The maximum absolute atomic E-state index is 12.9. The third kappa shape index (κ3) is 6.36. The van der Waals surface area contributed by atoms with Gasteiger partial charge >= 0.3 is 24.4 Å². The number of nitrogens with one attached hydrogen (secondary N) is 2. The number of urea groups is 1. The second-order valence-electron chi connectivity index (χ2n) is 6.79. The first-order chi connectivity index (χ1) is 13.8. The van der Waals surface area contributed by atoms with Crippen LogP contribution in [0.4, 0.5) is 31.1 Å². The van der Waals surface area contributed by atoms with Crippen LogP contribution in [-0.2, 0) is 21.9 Å². The zero-order valence-electron chi connectivity index (χ0n) is 15.6. The first kappa shape index (κ1) is 23.5. The van der Waals surface area contributed by atoms with E-state index in [1.54, 1.807) is 0 Å². The SMILES string of the molecule is CC(OC(=O)c1cc(C(F)(F)F)cc(C(F)(F)F)c1)C(=O)NC(=O)NC1CCCC1. The molecule has 1 aliphatic carbocycles. The summed E-state index contributed by atoms with van der Waals surface area (Å²) in [6.07, 6.45) is -8.61. The van der Waals surface area contributed by atoms with Crippen LogP contribution in [0, 0.1) is 0 Å². The van der Waals surface area contributed by atoms with Gasteiger partial charge in [-0.3, -0.25) is 10.1 Å². The summed E-state index contributed by atoms with van der Waals surface area (Å²) in [6, 6.07) is -0.709. The van der Waals surface area contributed by atoms with Crippen molar-refractivity contribution in [3.05, 3.63) is 34.9 Å². The van der Waals surface area contributed by atoms with Gasteiger partial charge < -0.3 is 10.1 Å². The zero-order valence-corrected chi connectivity index (χ0v) is 15.6. The molecule has 2 N–H and O–H groups in total. The minimum absolute atomic E-state index is 0.110. The molecule has 1 aliphatic rings. The van der Waals surface area contributed by atoms with E-state index in [4.69, 9.17) is 0 Å². The lowest BCUT2D eigenvalue weighted by Crippen LogP contribution is -2.47. The van der Waals surface area contributed by atoms with Crippen LogP contribution >= 0.6 is 0 Å². The van der Waals surface area contributed by atoms with Crippen LogP contribution in [0.5, 0.6) is 0 Å². The minimum Gasteiger partial charge on any atom is -0.449 e. The molecule has 6 nitrogen and oxygen atoms in total. The molecule has 30 heavy (non-hydrogen) atoms. The number of alkyl halides is 6. The largest absolute Gasteiger partial charge is 0.449 e. The number of imide groups is 1. The lowest BCUT2D eigenvalue weighted by Gasteiger charge is -2.17. The van der Waals surface area contributed by atoms with Gasteiger partial charge in [0.15, 0.2) is 6.10 Å². The van der Waals surface area contributed by atoms with Crippen LogP contribution in [0.1, 0.15) is 54.1 Å². The molecule has 0 bridgehead atoms. The molecule has 1 saturated carbocycles. The summed E-state index contributed by atoms with van der Waals surface area (Å²) >= 11 is 0. The van der Waals surface area contributed by atoms with E-state index in [9.17, 15) is 40.7 Å². The fourth-order valence-corrected chi connectivity index (χ4v) is 2.86. The van der Waals surface area contributed by atoms with E-state index in [-0.39, 0.29) is 24.2 Å². The maximum Gasteiger partial charge on any atom is 0.416 e. The molecule has 1 aromatic carbocycles. The summed E-state index contributed by atoms with van der Waals surface area (Å²) < 4.78 is 81.9. The minimum atomic E-state index is -5.14. The van der Waals surface area contributed by atoms with E-state index in [2.05, 4.69) is 10.1 Å². The Bertz CT molecular complexity index is 784. The second-order valence-corrected chi connectivity index (χ2v) is 6.79. The van der Waals surface area contributed by atoms with Crippen LogP contribution in [0.15, 0.2) is 18.2 Å². The van der Waals surface area contributed by atoms with Crippen molar-refractivity contribution in [1.29, 1.82) is 0 Å². The average molecular weight is 440 g/mol. The average Bonchev–Trinajstić information content (AvgIpc) is 3.12.